The summed E-state index contributed by atoms with van der Waals surface area (Å²) in [5, 5.41) is 5.64. The number of carbonyl (C=O) groups is 3. The number of ketones is 1. The van der Waals surface area contributed by atoms with E-state index in [9.17, 15) is 14.4 Å². The number of methoxy groups -OCH3 is 1. The van der Waals surface area contributed by atoms with Gasteiger partial charge in [0.05, 0.1) is 19.6 Å². The van der Waals surface area contributed by atoms with Crippen LogP contribution in [0.4, 0.5) is 4.79 Å². The zero-order valence-corrected chi connectivity index (χ0v) is 18.6. The summed E-state index contributed by atoms with van der Waals surface area (Å²) in [5.74, 6) is -1.72. The van der Waals surface area contributed by atoms with E-state index in [2.05, 4.69) is 29.3 Å². The van der Waals surface area contributed by atoms with Gasteiger partial charge in [-0.2, -0.15) is 0 Å². The molecule has 2 aliphatic rings. The van der Waals surface area contributed by atoms with Crippen LogP contribution in [0.5, 0.6) is 0 Å². The molecule has 2 N–H and O–H groups in total. The summed E-state index contributed by atoms with van der Waals surface area (Å²) in [6.45, 7) is 4.23. The van der Waals surface area contributed by atoms with E-state index in [0.29, 0.717) is 13.0 Å². The maximum Gasteiger partial charge on any atom is 0.407 e. The number of esters is 1. The fraction of sp³-hybridized carbons (Fsp3) is 0.346. The van der Waals surface area contributed by atoms with Gasteiger partial charge in [-0.1, -0.05) is 54.6 Å². The van der Waals surface area contributed by atoms with Gasteiger partial charge in [0.25, 0.3) is 0 Å². The number of carbonyl (C=O) groups excluding carboxylic acids is 3. The predicted octanol–water partition coefficient (Wildman–Crippen LogP) is 3.19. The van der Waals surface area contributed by atoms with Crippen molar-refractivity contribution in [2.75, 3.05) is 26.8 Å². The highest BCUT2D eigenvalue weighted by molar-refractivity contribution is 5.95. The van der Waals surface area contributed by atoms with Crippen molar-refractivity contribution in [1.82, 2.24) is 10.6 Å². The van der Waals surface area contributed by atoms with Crippen molar-refractivity contribution >= 4 is 17.8 Å². The third-order valence-electron chi connectivity index (χ3n) is 6.60. The van der Waals surface area contributed by atoms with E-state index in [1.807, 2.05) is 36.4 Å². The normalized spacial score (nSPS) is 19.8. The quantitative estimate of drug-likeness (QED) is 0.476. The predicted molar refractivity (Wildman–Crippen MR) is 124 cm³/mol. The van der Waals surface area contributed by atoms with Crippen LogP contribution in [0.2, 0.25) is 0 Å². The van der Waals surface area contributed by atoms with Gasteiger partial charge >= 0.3 is 12.1 Å². The first-order valence-electron chi connectivity index (χ1n) is 11.1. The van der Waals surface area contributed by atoms with Crippen LogP contribution < -0.4 is 10.6 Å². The number of benzene rings is 2. The van der Waals surface area contributed by atoms with Gasteiger partial charge in [-0.05, 0) is 41.6 Å². The molecule has 2 aromatic carbocycles. The van der Waals surface area contributed by atoms with Gasteiger partial charge in [-0.3, -0.25) is 9.59 Å². The summed E-state index contributed by atoms with van der Waals surface area (Å²) in [4.78, 5) is 37.7. The number of alkyl carbamates (subject to hydrolysis) is 1. The molecule has 1 heterocycles. The van der Waals surface area contributed by atoms with E-state index in [4.69, 9.17) is 9.47 Å². The number of ether oxygens (including phenoxy) is 2. The molecule has 2 aromatic rings. The Morgan fingerprint density at radius 3 is 2.33 bits per heavy atom. The second kappa shape index (κ2) is 9.58. The molecule has 2 unspecified atom stereocenters. The van der Waals surface area contributed by atoms with Gasteiger partial charge in [0, 0.05) is 5.92 Å². The van der Waals surface area contributed by atoms with Crippen molar-refractivity contribution in [3.63, 3.8) is 0 Å². The summed E-state index contributed by atoms with van der Waals surface area (Å²) in [5.41, 5.74) is 3.37. The Bertz CT molecular complexity index is 1030. The molecule has 1 fully saturated rings. The smallest absolute Gasteiger partial charge is 0.407 e. The Hall–Kier alpha value is -3.45. The summed E-state index contributed by atoms with van der Waals surface area (Å²) < 4.78 is 10.4. The molecule has 1 saturated heterocycles. The van der Waals surface area contributed by atoms with Gasteiger partial charge in [0.1, 0.15) is 12.1 Å². The van der Waals surface area contributed by atoms with E-state index in [-0.39, 0.29) is 24.9 Å². The highest BCUT2D eigenvalue weighted by Crippen LogP contribution is 2.44. The van der Waals surface area contributed by atoms with Gasteiger partial charge in [-0.15, -0.1) is 6.58 Å². The average molecular weight is 449 g/mol. The van der Waals surface area contributed by atoms with Gasteiger partial charge in [-0.25, -0.2) is 4.79 Å². The average Bonchev–Trinajstić information content (AvgIpc) is 3.45. The summed E-state index contributed by atoms with van der Waals surface area (Å²) in [6.07, 6.45) is 1.97. The van der Waals surface area contributed by atoms with Crippen molar-refractivity contribution < 1.29 is 23.9 Å². The van der Waals surface area contributed by atoms with Crippen LogP contribution in [0.15, 0.2) is 61.2 Å². The molecular formula is C26H28N2O5. The van der Waals surface area contributed by atoms with Crippen LogP contribution in [-0.4, -0.2) is 50.2 Å². The van der Waals surface area contributed by atoms with Crippen molar-refractivity contribution in [1.29, 1.82) is 0 Å². The van der Waals surface area contributed by atoms with E-state index in [0.717, 1.165) is 28.7 Å². The monoisotopic (exact) mass is 448 g/mol. The van der Waals surface area contributed by atoms with E-state index in [1.54, 1.807) is 0 Å². The molecule has 0 radical (unpaired) electrons. The third-order valence-corrected chi connectivity index (χ3v) is 6.60. The Balaban J connectivity index is 1.38. The van der Waals surface area contributed by atoms with Crippen LogP contribution in [0.25, 0.3) is 11.1 Å². The molecule has 4 rings (SSSR count). The Labute approximate surface area is 193 Å². The Morgan fingerprint density at radius 2 is 1.79 bits per heavy atom. The van der Waals surface area contributed by atoms with E-state index in [1.165, 1.54) is 13.2 Å². The fourth-order valence-corrected chi connectivity index (χ4v) is 5.04. The minimum atomic E-state index is -1.14. The lowest BCUT2D eigenvalue weighted by Crippen LogP contribution is -2.57. The fourth-order valence-electron chi connectivity index (χ4n) is 5.04. The third kappa shape index (κ3) is 4.16. The molecule has 1 aliphatic carbocycles. The molecule has 7 heteroatoms. The minimum Gasteiger partial charge on any atom is -0.468 e. The highest BCUT2D eigenvalue weighted by atomic mass is 16.5. The number of hydrogen-bond acceptors (Lipinski definition) is 6. The lowest BCUT2D eigenvalue weighted by molar-refractivity contribution is -0.152. The number of nitrogens with one attached hydrogen (secondary N) is 2. The number of rotatable bonds is 8. The van der Waals surface area contributed by atoms with Crippen molar-refractivity contribution in [3.8, 4) is 11.1 Å². The maximum absolute atomic E-state index is 12.9. The van der Waals surface area contributed by atoms with Crippen LogP contribution in [0.1, 0.15) is 29.9 Å². The standard InChI is InChI=1S/C26H28N2O5/c1-3-22(26(24(30)32-2)13-8-14-28-26)23(29)15-27-25(31)33-16-21-19-11-6-4-9-17(19)18-10-5-7-12-20(18)21/h3-7,9-12,21-22,28H,1,8,13-16H2,2H3,(H,27,31). The van der Waals surface area contributed by atoms with Crippen molar-refractivity contribution in [3.05, 3.63) is 72.3 Å². The Morgan fingerprint density at radius 1 is 1.15 bits per heavy atom. The van der Waals surface area contributed by atoms with Crippen LogP contribution in [0, 0.1) is 5.92 Å². The summed E-state index contributed by atoms with van der Waals surface area (Å²) in [6, 6.07) is 16.1. The van der Waals surface area contributed by atoms with Gasteiger partial charge in [0.2, 0.25) is 0 Å². The summed E-state index contributed by atoms with van der Waals surface area (Å²) in [7, 11) is 1.30. The van der Waals surface area contributed by atoms with Gasteiger partial charge < -0.3 is 20.1 Å². The lowest BCUT2D eigenvalue weighted by Gasteiger charge is -2.32. The number of amides is 1. The number of Topliss-reactive ketones (excluding diaryl/α,β-unsaturated/α-hetero) is 1. The Kier molecular flexibility index (Phi) is 6.60. The molecule has 1 aliphatic heterocycles. The first kappa shape index (κ1) is 22.7. The largest absolute Gasteiger partial charge is 0.468 e. The minimum absolute atomic E-state index is 0.0648. The lowest BCUT2D eigenvalue weighted by atomic mass is 9.79. The van der Waals surface area contributed by atoms with E-state index < -0.39 is 23.5 Å². The molecule has 172 valence electrons. The maximum atomic E-state index is 12.9. The first-order chi connectivity index (χ1) is 16.0. The van der Waals surface area contributed by atoms with Gasteiger partial charge in [0.15, 0.2) is 5.78 Å². The van der Waals surface area contributed by atoms with Crippen LogP contribution in [-0.2, 0) is 19.1 Å². The molecule has 0 bridgehead atoms. The molecule has 0 spiro atoms. The second-order valence-electron chi connectivity index (χ2n) is 8.35. The molecule has 2 atom stereocenters. The number of hydrogen-bond donors (Lipinski definition) is 2. The molecule has 33 heavy (non-hydrogen) atoms. The SMILES string of the molecule is C=CC(C(=O)CNC(=O)OCC1c2ccccc2-c2ccccc21)C1(C(=O)OC)CCCN1. The van der Waals surface area contributed by atoms with Crippen LogP contribution in [0.3, 0.4) is 0 Å². The van der Waals surface area contributed by atoms with Crippen molar-refractivity contribution in [2.45, 2.75) is 24.3 Å². The summed E-state index contributed by atoms with van der Waals surface area (Å²) >= 11 is 0. The topological polar surface area (TPSA) is 93.7 Å². The highest BCUT2D eigenvalue weighted by Gasteiger charge is 2.50. The second-order valence-corrected chi connectivity index (χ2v) is 8.35. The van der Waals surface area contributed by atoms with Crippen molar-refractivity contribution in [2.24, 2.45) is 5.92 Å². The molecule has 0 aromatic heterocycles. The molecule has 7 nitrogen and oxygen atoms in total. The number of fused-ring (bicyclic) bond motifs is 3. The zero-order valence-electron chi connectivity index (χ0n) is 18.6. The molecule has 0 saturated carbocycles. The molecule has 1 amide bonds. The first-order valence-corrected chi connectivity index (χ1v) is 11.1. The molecular weight excluding hydrogens is 420 g/mol. The zero-order chi connectivity index (χ0) is 23.4. The van der Waals surface area contributed by atoms with Crippen LogP contribution >= 0.6 is 0 Å². The van der Waals surface area contributed by atoms with E-state index >= 15 is 0 Å².